The van der Waals surface area contributed by atoms with Crippen LogP contribution < -0.4 is 11.3 Å². The van der Waals surface area contributed by atoms with Crippen molar-refractivity contribution < 1.29 is 13.1 Å². The number of aliphatic hydroxyl groups excluding tert-OH is 2. The first-order chi connectivity index (χ1) is 9.52. The molecule has 2 heterocycles. The summed E-state index contributed by atoms with van der Waals surface area (Å²) in [5.74, 6) is -0.371. The van der Waals surface area contributed by atoms with E-state index < -0.39 is 11.7 Å². The summed E-state index contributed by atoms with van der Waals surface area (Å²) in [4.78, 5) is 22.2. The number of nitrogen functional groups attached to an aromatic ring is 1. The Morgan fingerprint density at radius 1 is 1.62 bits per heavy atom. The van der Waals surface area contributed by atoms with E-state index in [4.69, 9.17) is 5.73 Å². The van der Waals surface area contributed by atoms with E-state index in [1.807, 2.05) is 0 Å². The fourth-order valence-corrected chi connectivity index (χ4v) is 2.74. The van der Waals surface area contributed by atoms with Crippen molar-refractivity contribution in [3.63, 3.8) is 0 Å². The number of fused-ring (bicyclic) bond motifs is 1. The Hall–Kier alpha value is -1.42. The Balaban J connectivity index is 0.00000161. The molecular weight excluding hydrogens is 286 g/mol. The third-order valence-corrected chi connectivity index (χ3v) is 3.82. The standard InChI is InChI=1S/C12H15N5O3.Mg.2H/c1-5-6(3-18)8(19)2-7(5)17-4-14-9-10(17)15-12(13)16-11(9)20;;;/h4,6-8,18-19H,1-3H2,(H3,13,15,16,20);;;/q;+2;2*-1/t6-,7-,8-;;;/m0.../s1. The van der Waals surface area contributed by atoms with Crippen molar-refractivity contribution in [2.45, 2.75) is 18.6 Å². The number of nitrogens with one attached hydrogen (secondary N) is 1. The van der Waals surface area contributed by atoms with E-state index in [0.717, 1.165) is 0 Å². The number of nitrogens with zero attached hydrogens (tertiary/aromatic N) is 3. The number of rotatable bonds is 2. The van der Waals surface area contributed by atoms with Gasteiger partial charge in [-0.15, -0.1) is 0 Å². The Labute approximate surface area is 138 Å². The zero-order valence-corrected chi connectivity index (χ0v) is 12.8. The summed E-state index contributed by atoms with van der Waals surface area (Å²) in [6.07, 6.45) is 1.20. The Kier molecular flexibility index (Phi) is 4.37. The van der Waals surface area contributed by atoms with Crippen molar-refractivity contribution in [2.75, 3.05) is 12.3 Å². The second-order valence-electron chi connectivity index (χ2n) is 4.96. The molecule has 2 aromatic heterocycles. The molecule has 0 amide bonds. The number of aromatic amines is 1. The van der Waals surface area contributed by atoms with Gasteiger partial charge in [0.15, 0.2) is 11.2 Å². The topological polar surface area (TPSA) is 130 Å². The van der Waals surface area contributed by atoms with Gasteiger partial charge in [-0.1, -0.05) is 6.58 Å². The van der Waals surface area contributed by atoms with Gasteiger partial charge in [0.2, 0.25) is 5.95 Å². The fraction of sp³-hybridized carbons (Fsp3) is 0.417. The van der Waals surface area contributed by atoms with E-state index in [1.54, 1.807) is 4.57 Å². The van der Waals surface area contributed by atoms with Crippen LogP contribution in [-0.2, 0) is 0 Å². The van der Waals surface area contributed by atoms with Crippen molar-refractivity contribution in [2.24, 2.45) is 5.92 Å². The predicted molar refractivity (Wildman–Crippen MR) is 79.9 cm³/mol. The maximum Gasteiger partial charge on any atom is 2.00 e. The van der Waals surface area contributed by atoms with E-state index >= 15 is 0 Å². The van der Waals surface area contributed by atoms with Crippen molar-refractivity contribution >= 4 is 40.2 Å². The molecule has 0 bridgehead atoms. The third kappa shape index (κ3) is 2.46. The van der Waals surface area contributed by atoms with Crippen molar-refractivity contribution in [1.82, 2.24) is 19.5 Å². The van der Waals surface area contributed by atoms with Crippen LogP contribution in [-0.4, -0.2) is 65.5 Å². The van der Waals surface area contributed by atoms with Gasteiger partial charge in [0.05, 0.1) is 25.1 Å². The number of anilines is 1. The maximum absolute atomic E-state index is 11.7. The van der Waals surface area contributed by atoms with Gasteiger partial charge in [-0.25, -0.2) is 4.98 Å². The molecule has 0 radical (unpaired) electrons. The summed E-state index contributed by atoms with van der Waals surface area (Å²) in [5.41, 5.74) is 6.37. The largest absolute Gasteiger partial charge is 2.00 e. The molecule has 2 aromatic rings. The number of aliphatic hydroxyl groups is 2. The molecule has 9 heteroatoms. The first-order valence-electron chi connectivity index (χ1n) is 6.23. The molecule has 1 saturated carbocycles. The molecule has 0 saturated heterocycles. The van der Waals surface area contributed by atoms with Gasteiger partial charge in [0.1, 0.15) is 0 Å². The molecule has 5 N–H and O–H groups in total. The van der Waals surface area contributed by atoms with Gasteiger partial charge in [0, 0.05) is 5.92 Å². The number of hydrogen-bond donors (Lipinski definition) is 4. The van der Waals surface area contributed by atoms with Crippen molar-refractivity contribution in [1.29, 1.82) is 0 Å². The molecule has 8 nitrogen and oxygen atoms in total. The van der Waals surface area contributed by atoms with Crippen LogP contribution in [0.1, 0.15) is 15.3 Å². The van der Waals surface area contributed by atoms with Crippen LogP contribution in [0.15, 0.2) is 23.3 Å². The number of hydrogen-bond acceptors (Lipinski definition) is 6. The molecule has 1 aliphatic carbocycles. The minimum Gasteiger partial charge on any atom is -1.00 e. The van der Waals surface area contributed by atoms with Crippen LogP contribution >= 0.6 is 0 Å². The molecule has 0 aliphatic heterocycles. The quantitative estimate of drug-likeness (QED) is 0.416. The summed E-state index contributed by atoms with van der Waals surface area (Å²) >= 11 is 0. The second kappa shape index (κ2) is 5.76. The predicted octanol–water partition coefficient (Wildman–Crippen LogP) is -0.984. The molecule has 110 valence electrons. The van der Waals surface area contributed by atoms with E-state index in [-0.39, 0.29) is 55.9 Å². The molecule has 1 fully saturated rings. The van der Waals surface area contributed by atoms with Crippen LogP contribution in [0.4, 0.5) is 5.95 Å². The second-order valence-corrected chi connectivity index (χ2v) is 4.96. The minimum atomic E-state index is -0.672. The first-order valence-corrected chi connectivity index (χ1v) is 6.23. The summed E-state index contributed by atoms with van der Waals surface area (Å²) < 4.78 is 1.67. The van der Waals surface area contributed by atoms with E-state index in [2.05, 4.69) is 21.5 Å². The molecule has 3 atom stereocenters. The Morgan fingerprint density at radius 3 is 2.95 bits per heavy atom. The van der Waals surface area contributed by atoms with Gasteiger partial charge in [-0.3, -0.25) is 9.78 Å². The van der Waals surface area contributed by atoms with Crippen LogP contribution in [0, 0.1) is 5.92 Å². The van der Waals surface area contributed by atoms with E-state index in [1.165, 1.54) is 6.33 Å². The van der Waals surface area contributed by atoms with Crippen LogP contribution in [0.3, 0.4) is 0 Å². The van der Waals surface area contributed by atoms with Gasteiger partial charge < -0.3 is 23.4 Å². The SMILES string of the molecule is C=C1[C@H](CO)[C@@H](O)C[C@@H]1n1cnc2c(=O)[nH]c(N)nc21.[H-].[H-].[Mg+2]. The number of nitrogens with two attached hydrogens (primary N) is 1. The van der Waals surface area contributed by atoms with E-state index in [0.29, 0.717) is 17.6 Å². The normalized spacial score (nSPS) is 25.2. The molecule has 21 heavy (non-hydrogen) atoms. The molecule has 3 rings (SSSR count). The smallest absolute Gasteiger partial charge is 1.00 e. The third-order valence-electron chi connectivity index (χ3n) is 3.82. The van der Waals surface area contributed by atoms with Gasteiger partial charge in [0.25, 0.3) is 5.56 Å². The molecule has 0 aromatic carbocycles. The number of H-pyrrole nitrogens is 1. The zero-order valence-electron chi connectivity index (χ0n) is 13.4. The summed E-state index contributed by atoms with van der Waals surface area (Å²) in [6, 6.07) is -0.263. The Morgan fingerprint density at radius 2 is 2.33 bits per heavy atom. The van der Waals surface area contributed by atoms with Crippen LogP contribution in [0.5, 0.6) is 0 Å². The summed E-state index contributed by atoms with van der Waals surface area (Å²) in [7, 11) is 0. The average molecular weight is 304 g/mol. The monoisotopic (exact) mass is 303 g/mol. The van der Waals surface area contributed by atoms with Crippen LogP contribution in [0.25, 0.3) is 11.2 Å². The number of aromatic nitrogens is 4. The number of imidazole rings is 1. The zero-order chi connectivity index (χ0) is 14.4. The van der Waals surface area contributed by atoms with Crippen LogP contribution in [0.2, 0.25) is 0 Å². The average Bonchev–Trinajstić information content (AvgIpc) is 2.91. The molecule has 0 spiro atoms. The van der Waals surface area contributed by atoms with Gasteiger partial charge >= 0.3 is 23.1 Å². The molecule has 1 aliphatic rings. The summed E-state index contributed by atoms with van der Waals surface area (Å²) in [6.45, 7) is 3.76. The van der Waals surface area contributed by atoms with Crippen molar-refractivity contribution in [3.8, 4) is 0 Å². The molecule has 0 unspecified atom stereocenters. The maximum atomic E-state index is 11.7. The fourth-order valence-electron chi connectivity index (χ4n) is 2.74. The minimum absolute atomic E-state index is 0. The Bertz CT molecular complexity index is 750. The van der Waals surface area contributed by atoms with E-state index in [9.17, 15) is 15.0 Å². The molecular formula is C12H17MgN5O3. The summed E-state index contributed by atoms with van der Waals surface area (Å²) in [5, 5.41) is 19.2. The van der Waals surface area contributed by atoms with Crippen molar-refractivity contribution in [3.05, 3.63) is 28.8 Å². The van der Waals surface area contributed by atoms with Gasteiger partial charge in [-0.2, -0.15) is 4.98 Å². The first kappa shape index (κ1) is 16.0. The van der Waals surface area contributed by atoms with Gasteiger partial charge in [-0.05, 0) is 12.0 Å².